The Hall–Kier alpha value is -1.03. The van der Waals surface area contributed by atoms with Gasteiger partial charge in [-0.1, -0.05) is 0 Å². The molecule has 0 saturated carbocycles. The highest BCUT2D eigenvalue weighted by Gasteiger charge is 2.27. The highest BCUT2D eigenvalue weighted by Crippen LogP contribution is 2.16. The summed E-state index contributed by atoms with van der Waals surface area (Å²) >= 11 is 1.43. The molecule has 0 bridgehead atoms. The fourth-order valence-corrected chi connectivity index (χ4v) is 4.30. The van der Waals surface area contributed by atoms with Crippen molar-refractivity contribution in [3.63, 3.8) is 0 Å². The van der Waals surface area contributed by atoms with Crippen molar-refractivity contribution >= 4 is 27.3 Å². The number of thiazole rings is 1. The summed E-state index contributed by atoms with van der Waals surface area (Å²) in [4.78, 5) is 16.4. The van der Waals surface area contributed by atoms with E-state index in [2.05, 4.69) is 10.3 Å². The molecule has 7 nitrogen and oxygen atoms in total. The molecule has 0 aliphatic carbocycles. The molecule has 2 heterocycles. The number of sulfonamides is 1. The van der Waals surface area contributed by atoms with E-state index in [9.17, 15) is 13.2 Å². The van der Waals surface area contributed by atoms with E-state index in [1.54, 1.807) is 12.3 Å². The average Bonchev–Trinajstić information content (AvgIpc) is 2.97. The molecule has 0 unspecified atom stereocenters. The van der Waals surface area contributed by atoms with E-state index in [0.29, 0.717) is 44.6 Å². The summed E-state index contributed by atoms with van der Waals surface area (Å²) in [6.45, 7) is 3.07. The molecule has 0 aromatic carbocycles. The number of rotatable bonds is 6. The van der Waals surface area contributed by atoms with Gasteiger partial charge in [0.05, 0.1) is 10.8 Å². The molecule has 1 aromatic rings. The van der Waals surface area contributed by atoms with Crippen LogP contribution in [0.2, 0.25) is 0 Å². The minimum atomic E-state index is -3.13. The molecule has 2 rings (SSSR count). The average molecular weight is 346 g/mol. The fraction of sp³-hybridized carbons (Fsp3) is 0.692. The summed E-state index contributed by atoms with van der Waals surface area (Å²) in [6.07, 6.45) is 1.93. The SMILES string of the molecule is CCS(=O)(=O)N1CCC(NC(=O)c2csc(CCN)n2)CC1. The molecule has 0 atom stereocenters. The molecule has 1 aliphatic heterocycles. The van der Waals surface area contributed by atoms with Crippen molar-refractivity contribution in [2.75, 3.05) is 25.4 Å². The van der Waals surface area contributed by atoms with Gasteiger partial charge in [-0.2, -0.15) is 0 Å². The number of carbonyl (C=O) groups excluding carboxylic acids is 1. The lowest BCUT2D eigenvalue weighted by atomic mass is 10.1. The Labute approximate surface area is 135 Å². The summed E-state index contributed by atoms with van der Waals surface area (Å²) in [5.74, 6) is -0.0800. The predicted molar refractivity (Wildman–Crippen MR) is 86.4 cm³/mol. The molecule has 1 saturated heterocycles. The molecule has 0 spiro atoms. The lowest BCUT2D eigenvalue weighted by molar-refractivity contribution is 0.0919. The Bertz CT molecular complexity index is 607. The topological polar surface area (TPSA) is 105 Å². The van der Waals surface area contributed by atoms with Gasteiger partial charge in [0, 0.05) is 30.9 Å². The van der Waals surface area contributed by atoms with Crippen LogP contribution in [0.3, 0.4) is 0 Å². The molecule has 1 amide bonds. The van der Waals surface area contributed by atoms with Gasteiger partial charge < -0.3 is 11.1 Å². The molecular formula is C13H22N4O3S2. The fourth-order valence-electron chi connectivity index (χ4n) is 2.37. The Morgan fingerprint density at radius 2 is 2.18 bits per heavy atom. The van der Waals surface area contributed by atoms with Gasteiger partial charge in [-0.3, -0.25) is 4.79 Å². The van der Waals surface area contributed by atoms with Crippen LogP contribution in [0.4, 0.5) is 0 Å². The van der Waals surface area contributed by atoms with Gasteiger partial charge in [0.15, 0.2) is 0 Å². The van der Waals surface area contributed by atoms with Gasteiger partial charge in [-0.25, -0.2) is 17.7 Å². The van der Waals surface area contributed by atoms with Gasteiger partial charge in [0.2, 0.25) is 10.0 Å². The van der Waals surface area contributed by atoms with E-state index in [4.69, 9.17) is 5.73 Å². The number of piperidine rings is 1. The minimum Gasteiger partial charge on any atom is -0.348 e. The van der Waals surface area contributed by atoms with Gasteiger partial charge in [0.1, 0.15) is 5.69 Å². The Morgan fingerprint density at radius 1 is 1.50 bits per heavy atom. The van der Waals surface area contributed by atoms with Crippen LogP contribution < -0.4 is 11.1 Å². The van der Waals surface area contributed by atoms with Gasteiger partial charge in [-0.05, 0) is 26.3 Å². The predicted octanol–water partition coefficient (Wildman–Crippen LogP) is 0.188. The summed E-state index contributed by atoms with van der Waals surface area (Å²) in [5, 5.41) is 5.52. The minimum absolute atomic E-state index is 0.00420. The van der Waals surface area contributed by atoms with Gasteiger partial charge in [0.25, 0.3) is 5.91 Å². The van der Waals surface area contributed by atoms with Crippen LogP contribution in [0.25, 0.3) is 0 Å². The van der Waals surface area contributed by atoms with Crippen LogP contribution in [0.1, 0.15) is 35.3 Å². The quantitative estimate of drug-likeness (QED) is 0.765. The maximum absolute atomic E-state index is 12.1. The van der Waals surface area contributed by atoms with Crippen LogP contribution in [0.5, 0.6) is 0 Å². The third-order valence-electron chi connectivity index (χ3n) is 3.69. The first kappa shape index (κ1) is 17.3. The number of hydrogen-bond acceptors (Lipinski definition) is 6. The first-order valence-corrected chi connectivity index (χ1v) is 9.88. The molecule has 124 valence electrons. The largest absolute Gasteiger partial charge is 0.348 e. The number of carbonyl (C=O) groups is 1. The molecule has 1 aromatic heterocycles. The number of nitrogens with zero attached hydrogens (tertiary/aromatic N) is 2. The van der Waals surface area contributed by atoms with Crippen LogP contribution in [-0.4, -0.2) is 55.0 Å². The summed E-state index contributed by atoms with van der Waals surface area (Å²) in [5.41, 5.74) is 5.88. The maximum Gasteiger partial charge on any atom is 0.270 e. The zero-order valence-electron chi connectivity index (χ0n) is 12.6. The first-order valence-electron chi connectivity index (χ1n) is 7.39. The van der Waals surface area contributed by atoms with Crippen LogP contribution >= 0.6 is 11.3 Å². The second kappa shape index (κ2) is 7.49. The third-order valence-corrected chi connectivity index (χ3v) is 6.48. The highest BCUT2D eigenvalue weighted by molar-refractivity contribution is 7.89. The molecular weight excluding hydrogens is 324 g/mol. The first-order chi connectivity index (χ1) is 10.5. The van der Waals surface area contributed by atoms with Crippen LogP contribution in [-0.2, 0) is 16.4 Å². The normalized spacial score (nSPS) is 17.5. The zero-order valence-corrected chi connectivity index (χ0v) is 14.3. The van der Waals surface area contributed by atoms with Crippen molar-refractivity contribution < 1.29 is 13.2 Å². The number of hydrogen-bond donors (Lipinski definition) is 2. The second-order valence-electron chi connectivity index (χ2n) is 5.21. The van der Waals surface area contributed by atoms with Crippen molar-refractivity contribution in [2.24, 2.45) is 5.73 Å². The van der Waals surface area contributed by atoms with E-state index in [0.717, 1.165) is 5.01 Å². The highest BCUT2D eigenvalue weighted by atomic mass is 32.2. The van der Waals surface area contributed by atoms with E-state index < -0.39 is 10.0 Å². The van der Waals surface area contributed by atoms with Crippen molar-refractivity contribution in [2.45, 2.75) is 32.2 Å². The summed E-state index contributed by atoms with van der Waals surface area (Å²) < 4.78 is 25.1. The second-order valence-corrected chi connectivity index (χ2v) is 8.41. The summed E-state index contributed by atoms with van der Waals surface area (Å²) in [7, 11) is -3.13. The molecule has 22 heavy (non-hydrogen) atoms. The molecule has 0 radical (unpaired) electrons. The van der Waals surface area contributed by atoms with Gasteiger partial charge in [-0.15, -0.1) is 11.3 Å². The third kappa shape index (κ3) is 4.25. The lowest BCUT2D eigenvalue weighted by Crippen LogP contribution is -2.46. The maximum atomic E-state index is 12.1. The number of aromatic nitrogens is 1. The molecule has 1 fully saturated rings. The molecule has 9 heteroatoms. The Balaban J connectivity index is 1.86. The Morgan fingerprint density at radius 3 is 2.77 bits per heavy atom. The smallest absolute Gasteiger partial charge is 0.270 e. The van der Waals surface area contributed by atoms with E-state index in [-0.39, 0.29) is 17.7 Å². The van der Waals surface area contributed by atoms with Gasteiger partial charge >= 0.3 is 0 Å². The van der Waals surface area contributed by atoms with Crippen LogP contribution in [0, 0.1) is 0 Å². The van der Waals surface area contributed by atoms with E-state index in [1.165, 1.54) is 15.6 Å². The monoisotopic (exact) mass is 346 g/mol. The van der Waals surface area contributed by atoms with Crippen molar-refractivity contribution in [1.82, 2.24) is 14.6 Å². The number of amides is 1. The number of nitrogens with one attached hydrogen (secondary N) is 1. The molecule has 1 aliphatic rings. The zero-order chi connectivity index (χ0) is 16.2. The van der Waals surface area contributed by atoms with Crippen LogP contribution in [0.15, 0.2) is 5.38 Å². The van der Waals surface area contributed by atoms with Crippen molar-refractivity contribution in [3.8, 4) is 0 Å². The standard InChI is InChI=1S/C13H22N4O3S2/c1-2-22(19,20)17-7-4-10(5-8-17)15-13(18)11-9-21-12(16-11)3-6-14/h9-10H,2-8,14H2,1H3,(H,15,18). The van der Waals surface area contributed by atoms with E-state index >= 15 is 0 Å². The Kier molecular flexibility index (Phi) is 5.90. The molecule has 3 N–H and O–H groups in total. The van der Waals surface area contributed by atoms with Crippen molar-refractivity contribution in [3.05, 3.63) is 16.1 Å². The number of nitrogens with two attached hydrogens (primary N) is 1. The van der Waals surface area contributed by atoms with Crippen molar-refractivity contribution in [1.29, 1.82) is 0 Å². The summed E-state index contributed by atoms with van der Waals surface area (Å²) in [6, 6.07) is -0.00420. The van der Waals surface area contributed by atoms with E-state index in [1.807, 2.05) is 0 Å². The lowest BCUT2D eigenvalue weighted by Gasteiger charge is -2.31.